The van der Waals surface area contributed by atoms with Crippen molar-refractivity contribution >= 4 is 23.2 Å². The van der Waals surface area contributed by atoms with Gasteiger partial charge in [0.1, 0.15) is 23.2 Å². The Balaban J connectivity index is 1.71. The number of benzene rings is 3. The van der Waals surface area contributed by atoms with Crippen molar-refractivity contribution in [1.82, 2.24) is 0 Å². The molecule has 0 saturated heterocycles. The molecule has 1 heteroatoms. The Hall–Kier alpha value is -2.17. The first kappa shape index (κ1) is 24.5. The molecule has 0 aliphatic rings. The lowest BCUT2D eigenvalue weighted by atomic mass is 10.1. The molecule has 0 N–H and O–H groups in total. The Kier molecular flexibility index (Phi) is 10.8. The zero-order valence-electron chi connectivity index (χ0n) is 19.8. The van der Waals surface area contributed by atoms with Crippen molar-refractivity contribution in [2.75, 3.05) is 0 Å². The minimum Gasteiger partial charge on any atom is -0.0654 e. The van der Waals surface area contributed by atoms with E-state index < -0.39 is 7.26 Å². The third-order valence-corrected chi connectivity index (χ3v) is 10.3. The van der Waals surface area contributed by atoms with Gasteiger partial charge in [-0.15, -0.1) is 0 Å². The van der Waals surface area contributed by atoms with Crippen LogP contribution in [0.3, 0.4) is 0 Å². The Bertz CT molecular complexity index is 787. The number of hydrogen-bond donors (Lipinski definition) is 0. The summed E-state index contributed by atoms with van der Waals surface area (Å²) in [5.41, 5.74) is 0. The number of unbranched alkanes of at least 4 members (excludes halogenated alkanes) is 9. The zero-order chi connectivity index (χ0) is 22.3. The van der Waals surface area contributed by atoms with Gasteiger partial charge in [0.25, 0.3) is 0 Å². The highest BCUT2D eigenvalue weighted by Gasteiger charge is 2.42. The predicted molar refractivity (Wildman–Crippen MR) is 146 cm³/mol. The quantitative estimate of drug-likeness (QED) is 0.173. The molecule has 0 unspecified atom stereocenters. The van der Waals surface area contributed by atoms with Crippen LogP contribution in [0.5, 0.6) is 0 Å². The van der Waals surface area contributed by atoms with Gasteiger partial charge in [0.2, 0.25) is 0 Å². The lowest BCUT2D eigenvalue weighted by Gasteiger charge is -2.24. The van der Waals surface area contributed by atoms with Gasteiger partial charge in [-0.05, 0) is 55.3 Å². The molecule has 168 valence electrons. The summed E-state index contributed by atoms with van der Waals surface area (Å²) < 4.78 is 0. The molecule has 0 saturated carbocycles. The van der Waals surface area contributed by atoms with Crippen LogP contribution in [0.15, 0.2) is 103 Å². The summed E-state index contributed by atoms with van der Waals surface area (Å²) in [6, 6.07) is 33.4. The van der Waals surface area contributed by atoms with E-state index in [0.29, 0.717) is 0 Å². The molecule has 0 nitrogen and oxygen atoms in total. The van der Waals surface area contributed by atoms with E-state index in [-0.39, 0.29) is 0 Å². The van der Waals surface area contributed by atoms with Gasteiger partial charge in [-0.1, -0.05) is 113 Å². The van der Waals surface area contributed by atoms with Crippen LogP contribution < -0.4 is 15.9 Å². The van der Waals surface area contributed by atoms with Crippen molar-refractivity contribution in [3.05, 3.63) is 103 Å². The van der Waals surface area contributed by atoms with Gasteiger partial charge < -0.3 is 0 Å². The fraction of sp³-hybridized carbons (Fsp3) is 0.355. The lowest BCUT2D eigenvalue weighted by Crippen LogP contribution is -2.29. The summed E-state index contributed by atoms with van der Waals surface area (Å²) in [4.78, 5) is 0. The monoisotopic (exact) mass is 443 g/mol. The lowest BCUT2D eigenvalue weighted by molar-refractivity contribution is 0.566. The van der Waals surface area contributed by atoms with Crippen molar-refractivity contribution in [1.29, 1.82) is 0 Å². The van der Waals surface area contributed by atoms with E-state index in [1.165, 1.54) is 80.1 Å². The Labute approximate surface area is 197 Å². The van der Waals surface area contributed by atoms with Gasteiger partial charge in [0.05, 0.1) is 5.82 Å². The third-order valence-electron chi connectivity index (χ3n) is 6.29. The van der Waals surface area contributed by atoms with E-state index in [1.807, 2.05) is 0 Å². The summed E-state index contributed by atoms with van der Waals surface area (Å²) in [6.07, 6.45) is 16.1. The highest BCUT2D eigenvalue weighted by molar-refractivity contribution is 7.98. The molecule has 0 radical (unpaired) electrons. The summed E-state index contributed by atoms with van der Waals surface area (Å²) in [5.74, 6) is 2.57. The van der Waals surface area contributed by atoms with Crippen LogP contribution in [0, 0.1) is 0 Å². The van der Waals surface area contributed by atoms with E-state index in [2.05, 4.69) is 110 Å². The van der Waals surface area contributed by atoms with Crippen molar-refractivity contribution in [2.24, 2.45) is 0 Å². The Morgan fingerprint density at radius 3 is 1.28 bits per heavy atom. The van der Waals surface area contributed by atoms with Crippen LogP contribution in [0.4, 0.5) is 0 Å². The van der Waals surface area contributed by atoms with Crippen LogP contribution in [0.2, 0.25) is 0 Å². The normalized spacial score (nSPS) is 11.8. The first-order valence-electron chi connectivity index (χ1n) is 12.6. The van der Waals surface area contributed by atoms with Gasteiger partial charge in [-0.2, -0.15) is 0 Å². The highest BCUT2D eigenvalue weighted by atomic mass is 31.2. The Morgan fingerprint density at radius 2 is 0.875 bits per heavy atom. The second-order valence-electron chi connectivity index (χ2n) is 8.73. The molecule has 0 heterocycles. The Morgan fingerprint density at radius 1 is 0.500 bits per heavy atom. The minimum absolute atomic E-state index is 1.17. The maximum atomic E-state index is 2.57. The van der Waals surface area contributed by atoms with Gasteiger partial charge in [-0.25, -0.2) is 0 Å². The van der Waals surface area contributed by atoms with Gasteiger partial charge in [0, 0.05) is 0 Å². The first-order chi connectivity index (χ1) is 15.9. The van der Waals surface area contributed by atoms with Crippen molar-refractivity contribution in [2.45, 2.75) is 71.1 Å². The molecule has 0 aliphatic heterocycles. The van der Waals surface area contributed by atoms with Crippen molar-refractivity contribution in [3.8, 4) is 0 Å². The molecule has 3 aromatic rings. The number of hydrogen-bond acceptors (Lipinski definition) is 0. The van der Waals surface area contributed by atoms with E-state index in [9.17, 15) is 0 Å². The van der Waals surface area contributed by atoms with E-state index in [0.717, 1.165) is 0 Å². The van der Waals surface area contributed by atoms with Crippen LogP contribution in [-0.4, -0.2) is 0 Å². The second kappa shape index (κ2) is 14.1. The maximum absolute atomic E-state index is 2.57. The summed E-state index contributed by atoms with van der Waals surface area (Å²) in [6.45, 7) is 2.29. The van der Waals surface area contributed by atoms with Crippen LogP contribution in [-0.2, 0) is 0 Å². The molecule has 0 spiro atoms. The summed E-state index contributed by atoms with van der Waals surface area (Å²) in [7, 11) is -1.81. The SMILES string of the molecule is CCCCCCCCCCC/C=C/[P+](c1ccccc1)(c1ccccc1)c1ccccc1. The van der Waals surface area contributed by atoms with Crippen molar-refractivity contribution < 1.29 is 0 Å². The van der Waals surface area contributed by atoms with E-state index in [4.69, 9.17) is 0 Å². The molecular formula is C31H40P+. The molecule has 0 atom stereocenters. The molecule has 3 rings (SSSR count). The molecular weight excluding hydrogens is 403 g/mol. The van der Waals surface area contributed by atoms with Crippen LogP contribution >= 0.6 is 7.26 Å². The van der Waals surface area contributed by atoms with Gasteiger partial charge >= 0.3 is 0 Å². The van der Waals surface area contributed by atoms with Crippen LogP contribution in [0.1, 0.15) is 71.1 Å². The highest BCUT2D eigenvalue weighted by Crippen LogP contribution is 2.56. The first-order valence-corrected chi connectivity index (χ1v) is 14.5. The maximum Gasteiger partial charge on any atom is 0.136 e. The zero-order valence-corrected chi connectivity index (χ0v) is 20.7. The molecule has 0 aromatic heterocycles. The molecule has 32 heavy (non-hydrogen) atoms. The standard InChI is InChI=1S/C31H40P/c1-2-3-4-5-6-7-8-9-10-11-21-28-32(29-22-15-12-16-23-29,30-24-17-13-18-25-30)31-26-19-14-20-27-31/h12-28H,2-11H2,1H3/q+1/b28-21+. The summed E-state index contributed by atoms with van der Waals surface area (Å²) in [5, 5.41) is 4.29. The average molecular weight is 444 g/mol. The number of rotatable bonds is 14. The predicted octanol–water partition coefficient (Wildman–Crippen LogP) is 8.42. The van der Waals surface area contributed by atoms with E-state index >= 15 is 0 Å². The van der Waals surface area contributed by atoms with Crippen LogP contribution in [0.25, 0.3) is 0 Å². The molecule has 0 amide bonds. The fourth-order valence-corrected chi connectivity index (χ4v) is 8.30. The summed E-state index contributed by atoms with van der Waals surface area (Å²) >= 11 is 0. The molecule has 0 bridgehead atoms. The van der Waals surface area contributed by atoms with E-state index in [1.54, 1.807) is 0 Å². The van der Waals surface area contributed by atoms with Crippen molar-refractivity contribution in [3.63, 3.8) is 0 Å². The minimum atomic E-state index is -1.81. The molecule has 0 aliphatic carbocycles. The topological polar surface area (TPSA) is 0 Å². The van der Waals surface area contributed by atoms with Gasteiger partial charge in [0.15, 0.2) is 0 Å². The average Bonchev–Trinajstić information content (AvgIpc) is 2.87. The third kappa shape index (κ3) is 6.91. The second-order valence-corrected chi connectivity index (χ2v) is 12.0. The van der Waals surface area contributed by atoms with Gasteiger partial charge in [-0.3, -0.25) is 0 Å². The molecule has 0 fully saturated rings. The molecule has 3 aromatic carbocycles. The fourth-order valence-electron chi connectivity index (χ4n) is 4.50. The number of allylic oxidation sites excluding steroid dienone is 1. The smallest absolute Gasteiger partial charge is 0.0654 e. The largest absolute Gasteiger partial charge is 0.136 e.